The van der Waals surface area contributed by atoms with Gasteiger partial charge in [-0.2, -0.15) is 11.8 Å². The van der Waals surface area contributed by atoms with Gasteiger partial charge in [0.15, 0.2) is 0 Å². The zero-order valence-electron chi connectivity index (χ0n) is 8.66. The van der Waals surface area contributed by atoms with Crippen molar-refractivity contribution in [2.75, 3.05) is 25.7 Å². The van der Waals surface area contributed by atoms with E-state index in [0.717, 1.165) is 18.1 Å². The molecular weight excluding hydrogens is 196 g/mol. The number of ether oxygens (including phenoxy) is 2. The average molecular weight is 212 g/mol. The lowest BCUT2D eigenvalue weighted by Crippen LogP contribution is -1.97. The van der Waals surface area contributed by atoms with Gasteiger partial charge in [-0.3, -0.25) is 0 Å². The van der Waals surface area contributed by atoms with E-state index < -0.39 is 0 Å². The molecule has 0 bridgehead atoms. The molecule has 0 aliphatic carbocycles. The van der Waals surface area contributed by atoms with Gasteiger partial charge in [0, 0.05) is 5.75 Å². The van der Waals surface area contributed by atoms with E-state index in [4.69, 9.17) is 9.47 Å². The molecule has 0 unspecified atom stereocenters. The Morgan fingerprint density at radius 3 is 2.50 bits per heavy atom. The Morgan fingerprint density at radius 1 is 1.21 bits per heavy atom. The van der Waals surface area contributed by atoms with Gasteiger partial charge in [-0.05, 0) is 24.0 Å². The first kappa shape index (κ1) is 11.4. The average Bonchev–Trinajstić information content (AvgIpc) is 2.25. The Balaban J connectivity index is 2.29. The molecule has 0 heterocycles. The summed E-state index contributed by atoms with van der Waals surface area (Å²) < 4.78 is 10.5. The van der Waals surface area contributed by atoms with Crippen LogP contribution >= 0.6 is 11.8 Å². The van der Waals surface area contributed by atoms with Crippen LogP contribution in [0.4, 0.5) is 0 Å². The highest BCUT2D eigenvalue weighted by Crippen LogP contribution is 2.11. The van der Waals surface area contributed by atoms with Gasteiger partial charge < -0.3 is 9.47 Å². The van der Waals surface area contributed by atoms with E-state index in [1.807, 2.05) is 24.3 Å². The maximum absolute atomic E-state index is 5.47. The lowest BCUT2D eigenvalue weighted by molar-refractivity contribution is 0.136. The molecule has 1 aromatic rings. The van der Waals surface area contributed by atoms with Crippen LogP contribution in [0.2, 0.25) is 0 Å². The maximum Gasteiger partial charge on any atom is 0.118 e. The highest BCUT2D eigenvalue weighted by molar-refractivity contribution is 7.98. The van der Waals surface area contributed by atoms with Crippen LogP contribution in [0.3, 0.4) is 0 Å². The zero-order chi connectivity index (χ0) is 10.2. The molecule has 78 valence electrons. The smallest absolute Gasteiger partial charge is 0.118 e. The second-order valence-corrected chi connectivity index (χ2v) is 3.88. The van der Waals surface area contributed by atoms with Crippen LogP contribution in [0, 0.1) is 0 Å². The van der Waals surface area contributed by atoms with Gasteiger partial charge in [0.25, 0.3) is 0 Å². The third kappa shape index (κ3) is 4.03. The summed E-state index contributed by atoms with van der Waals surface area (Å²) in [5.74, 6) is 1.94. The molecule has 0 radical (unpaired) electrons. The minimum atomic E-state index is 0.685. The summed E-state index contributed by atoms with van der Waals surface area (Å²) >= 11 is 1.80. The van der Waals surface area contributed by atoms with Crippen molar-refractivity contribution in [1.29, 1.82) is 0 Å². The lowest BCUT2D eigenvalue weighted by Gasteiger charge is -2.04. The molecule has 0 fully saturated rings. The summed E-state index contributed by atoms with van der Waals surface area (Å²) in [6.07, 6.45) is 2.08. The van der Waals surface area contributed by atoms with Crippen molar-refractivity contribution in [3.8, 4) is 5.75 Å². The monoisotopic (exact) mass is 212 g/mol. The summed E-state index contributed by atoms with van der Waals surface area (Å²) in [5.41, 5.74) is 1.19. The third-order valence-electron chi connectivity index (χ3n) is 1.86. The largest absolute Gasteiger partial charge is 0.497 e. The molecule has 3 heteroatoms. The second kappa shape index (κ2) is 6.74. The first-order valence-electron chi connectivity index (χ1n) is 4.56. The molecule has 0 saturated heterocycles. The molecular formula is C11H16O2S. The minimum absolute atomic E-state index is 0.685. The number of rotatable bonds is 6. The van der Waals surface area contributed by atoms with E-state index in [2.05, 4.69) is 6.26 Å². The molecule has 0 aliphatic heterocycles. The van der Waals surface area contributed by atoms with Crippen molar-refractivity contribution >= 4 is 11.8 Å². The fourth-order valence-corrected chi connectivity index (χ4v) is 1.34. The van der Waals surface area contributed by atoms with Gasteiger partial charge in [0.1, 0.15) is 5.75 Å². The van der Waals surface area contributed by atoms with Crippen LogP contribution in [0.1, 0.15) is 5.56 Å². The van der Waals surface area contributed by atoms with E-state index in [1.165, 1.54) is 5.56 Å². The van der Waals surface area contributed by atoms with E-state index >= 15 is 0 Å². The first-order chi connectivity index (χ1) is 6.86. The highest BCUT2D eigenvalue weighted by atomic mass is 32.2. The van der Waals surface area contributed by atoms with E-state index in [0.29, 0.717) is 6.61 Å². The first-order valence-corrected chi connectivity index (χ1v) is 5.96. The maximum atomic E-state index is 5.47. The summed E-state index contributed by atoms with van der Waals surface area (Å²) in [5, 5.41) is 0. The second-order valence-electron chi connectivity index (χ2n) is 2.89. The van der Waals surface area contributed by atoms with Crippen molar-refractivity contribution in [3.05, 3.63) is 29.8 Å². The van der Waals surface area contributed by atoms with Gasteiger partial charge in [-0.25, -0.2) is 0 Å². The molecule has 2 nitrogen and oxygen atoms in total. The third-order valence-corrected chi connectivity index (χ3v) is 2.43. The summed E-state index contributed by atoms with van der Waals surface area (Å²) in [6, 6.07) is 7.95. The Morgan fingerprint density at radius 2 is 1.93 bits per heavy atom. The Hall–Kier alpha value is -0.670. The van der Waals surface area contributed by atoms with Gasteiger partial charge in [0.2, 0.25) is 0 Å². The van der Waals surface area contributed by atoms with Crippen LogP contribution in [0.5, 0.6) is 5.75 Å². The molecule has 1 rings (SSSR count). The normalized spacial score (nSPS) is 10.1. The molecule has 0 spiro atoms. The van der Waals surface area contributed by atoms with Crippen molar-refractivity contribution in [3.63, 3.8) is 0 Å². The fourth-order valence-electron chi connectivity index (χ4n) is 1.05. The molecule has 0 aliphatic rings. The Kier molecular flexibility index (Phi) is 5.49. The summed E-state index contributed by atoms with van der Waals surface area (Å²) in [4.78, 5) is 0. The van der Waals surface area contributed by atoms with Crippen molar-refractivity contribution < 1.29 is 9.47 Å². The molecule has 14 heavy (non-hydrogen) atoms. The Bertz CT molecular complexity index is 246. The topological polar surface area (TPSA) is 18.5 Å². The van der Waals surface area contributed by atoms with Gasteiger partial charge in [-0.1, -0.05) is 12.1 Å². The SMILES string of the molecule is COc1ccc(COCCSC)cc1. The van der Waals surface area contributed by atoms with Gasteiger partial charge >= 0.3 is 0 Å². The van der Waals surface area contributed by atoms with E-state index in [-0.39, 0.29) is 0 Å². The lowest BCUT2D eigenvalue weighted by atomic mass is 10.2. The number of benzene rings is 1. The molecule has 0 atom stereocenters. The van der Waals surface area contributed by atoms with Crippen molar-refractivity contribution in [1.82, 2.24) is 0 Å². The van der Waals surface area contributed by atoms with Crippen LogP contribution in [0.25, 0.3) is 0 Å². The van der Waals surface area contributed by atoms with Gasteiger partial charge in [0.05, 0.1) is 20.3 Å². The summed E-state index contributed by atoms with van der Waals surface area (Å²) in [7, 11) is 1.67. The Labute approximate surface area is 89.6 Å². The fraction of sp³-hybridized carbons (Fsp3) is 0.455. The van der Waals surface area contributed by atoms with Crippen LogP contribution < -0.4 is 4.74 Å². The van der Waals surface area contributed by atoms with Gasteiger partial charge in [-0.15, -0.1) is 0 Å². The molecule has 1 aromatic carbocycles. The van der Waals surface area contributed by atoms with Crippen LogP contribution in [-0.2, 0) is 11.3 Å². The molecule has 0 aromatic heterocycles. The molecule has 0 amide bonds. The zero-order valence-corrected chi connectivity index (χ0v) is 9.47. The highest BCUT2D eigenvalue weighted by Gasteiger charge is 1.94. The predicted molar refractivity (Wildman–Crippen MR) is 61.0 cm³/mol. The predicted octanol–water partition coefficient (Wildman–Crippen LogP) is 2.57. The molecule has 0 N–H and O–H groups in total. The van der Waals surface area contributed by atoms with Crippen molar-refractivity contribution in [2.45, 2.75) is 6.61 Å². The quantitative estimate of drug-likeness (QED) is 0.675. The number of methoxy groups -OCH3 is 1. The number of hydrogen-bond donors (Lipinski definition) is 0. The van der Waals surface area contributed by atoms with E-state index in [1.54, 1.807) is 18.9 Å². The number of hydrogen-bond acceptors (Lipinski definition) is 3. The van der Waals surface area contributed by atoms with Crippen LogP contribution in [-0.4, -0.2) is 25.7 Å². The van der Waals surface area contributed by atoms with E-state index in [9.17, 15) is 0 Å². The number of thioether (sulfide) groups is 1. The van der Waals surface area contributed by atoms with Crippen LogP contribution in [0.15, 0.2) is 24.3 Å². The standard InChI is InChI=1S/C11H16O2S/c1-12-11-5-3-10(4-6-11)9-13-7-8-14-2/h3-6H,7-9H2,1-2H3. The minimum Gasteiger partial charge on any atom is -0.497 e. The van der Waals surface area contributed by atoms with Crippen molar-refractivity contribution in [2.24, 2.45) is 0 Å². The summed E-state index contributed by atoms with van der Waals surface area (Å²) in [6.45, 7) is 1.50. The molecule has 0 saturated carbocycles.